The molecule has 1 aromatic heterocycles. The largest absolute Gasteiger partial charge is 0.493 e. The van der Waals surface area contributed by atoms with Crippen LogP contribution in [0.2, 0.25) is 0 Å². The molecule has 0 atom stereocenters. The lowest BCUT2D eigenvalue weighted by Crippen LogP contribution is -2.46. The Morgan fingerprint density at radius 2 is 1.90 bits per heavy atom. The van der Waals surface area contributed by atoms with Crippen LogP contribution >= 0.6 is 11.3 Å². The van der Waals surface area contributed by atoms with E-state index >= 15 is 0 Å². The van der Waals surface area contributed by atoms with Crippen LogP contribution in [-0.2, 0) is 14.8 Å². The lowest BCUT2D eigenvalue weighted by Gasteiger charge is -2.31. The Kier molecular flexibility index (Phi) is 6.94. The highest BCUT2D eigenvalue weighted by Crippen LogP contribution is 2.28. The van der Waals surface area contributed by atoms with Crippen LogP contribution < -0.4 is 14.2 Å². The van der Waals surface area contributed by atoms with Gasteiger partial charge in [-0.05, 0) is 48.1 Å². The van der Waals surface area contributed by atoms with Crippen molar-refractivity contribution in [2.45, 2.75) is 23.1 Å². The number of ether oxygens (including phenoxy) is 2. The molecule has 1 N–H and O–H groups in total. The van der Waals surface area contributed by atoms with Crippen LogP contribution in [-0.4, -0.2) is 52.6 Å². The van der Waals surface area contributed by atoms with Crippen molar-refractivity contribution in [2.75, 3.05) is 27.3 Å². The molecule has 1 aromatic carbocycles. The van der Waals surface area contributed by atoms with Crippen LogP contribution in [0.25, 0.3) is 6.08 Å². The summed E-state index contributed by atoms with van der Waals surface area (Å²) >= 11 is 1.19. The van der Waals surface area contributed by atoms with Gasteiger partial charge in [0.15, 0.2) is 11.5 Å². The number of hydrogen-bond donors (Lipinski definition) is 1. The van der Waals surface area contributed by atoms with Gasteiger partial charge in [0.05, 0.1) is 14.2 Å². The van der Waals surface area contributed by atoms with E-state index in [-0.39, 0.29) is 11.9 Å². The van der Waals surface area contributed by atoms with Crippen molar-refractivity contribution in [3.63, 3.8) is 0 Å². The summed E-state index contributed by atoms with van der Waals surface area (Å²) in [5.41, 5.74) is 0.828. The van der Waals surface area contributed by atoms with Gasteiger partial charge in [-0.2, -0.15) is 0 Å². The fraction of sp³-hybridized carbons (Fsp3) is 0.350. The van der Waals surface area contributed by atoms with E-state index < -0.39 is 10.0 Å². The molecule has 29 heavy (non-hydrogen) atoms. The van der Waals surface area contributed by atoms with Gasteiger partial charge in [0.25, 0.3) is 0 Å². The summed E-state index contributed by atoms with van der Waals surface area (Å²) in [6.45, 7) is 1.01. The van der Waals surface area contributed by atoms with Gasteiger partial charge in [0.1, 0.15) is 4.21 Å². The molecule has 2 heterocycles. The molecule has 7 nitrogen and oxygen atoms in total. The molecule has 1 fully saturated rings. The number of sulfonamides is 1. The van der Waals surface area contributed by atoms with Gasteiger partial charge in [-0.1, -0.05) is 12.1 Å². The summed E-state index contributed by atoms with van der Waals surface area (Å²) in [4.78, 5) is 14.2. The van der Waals surface area contributed by atoms with Crippen LogP contribution in [0.3, 0.4) is 0 Å². The van der Waals surface area contributed by atoms with E-state index in [0.29, 0.717) is 41.6 Å². The Morgan fingerprint density at radius 1 is 1.17 bits per heavy atom. The summed E-state index contributed by atoms with van der Waals surface area (Å²) in [6, 6.07) is 8.57. The average molecular weight is 437 g/mol. The van der Waals surface area contributed by atoms with Gasteiger partial charge in [-0.3, -0.25) is 4.79 Å². The van der Waals surface area contributed by atoms with Crippen LogP contribution in [0.5, 0.6) is 11.5 Å². The molecule has 1 amide bonds. The van der Waals surface area contributed by atoms with Crippen molar-refractivity contribution in [1.29, 1.82) is 0 Å². The lowest BCUT2D eigenvalue weighted by atomic mass is 10.1. The molecule has 156 valence electrons. The molecule has 0 unspecified atom stereocenters. The summed E-state index contributed by atoms with van der Waals surface area (Å²) in [6.07, 6.45) is 4.42. The quantitative estimate of drug-likeness (QED) is 0.675. The number of methoxy groups -OCH3 is 2. The topological polar surface area (TPSA) is 84.9 Å². The minimum atomic E-state index is -3.48. The number of nitrogens with zero attached hydrogens (tertiary/aromatic N) is 1. The molecule has 0 aliphatic carbocycles. The molecule has 9 heteroatoms. The van der Waals surface area contributed by atoms with Gasteiger partial charge >= 0.3 is 0 Å². The second-order valence-corrected chi connectivity index (χ2v) is 9.49. The number of carbonyl (C=O) groups is 1. The van der Waals surface area contributed by atoms with E-state index in [0.717, 1.165) is 5.56 Å². The third-order valence-corrected chi connectivity index (χ3v) is 7.63. The van der Waals surface area contributed by atoms with Crippen LogP contribution in [0.4, 0.5) is 0 Å². The highest BCUT2D eigenvalue weighted by atomic mass is 32.2. The normalized spacial score (nSPS) is 15.6. The molecule has 2 aromatic rings. The van der Waals surface area contributed by atoms with E-state index in [1.807, 2.05) is 6.07 Å². The number of carbonyl (C=O) groups excluding carboxylic acids is 1. The van der Waals surface area contributed by atoms with Gasteiger partial charge in [-0.25, -0.2) is 13.1 Å². The second kappa shape index (κ2) is 9.43. The number of likely N-dealkylation sites (tertiary alicyclic amines) is 1. The first-order valence-corrected chi connectivity index (χ1v) is 11.5. The molecule has 0 radical (unpaired) electrons. The molecule has 0 saturated carbocycles. The fourth-order valence-corrected chi connectivity index (χ4v) is 5.46. The Morgan fingerprint density at radius 3 is 2.52 bits per heavy atom. The molecular formula is C20H24N2O5S2. The molecule has 1 aliphatic heterocycles. The van der Waals surface area contributed by atoms with Crippen LogP contribution in [0.1, 0.15) is 18.4 Å². The first kappa shape index (κ1) is 21.4. The maximum atomic E-state index is 12.5. The number of amides is 1. The number of rotatable bonds is 7. The third-order valence-electron chi connectivity index (χ3n) is 4.71. The smallest absolute Gasteiger partial charge is 0.250 e. The standard InChI is InChI=1S/C20H24N2O5S2/c1-26-17-7-5-15(14-18(17)27-2)6-8-19(23)22-11-9-16(10-12-22)21-29(24,25)20-4-3-13-28-20/h3-8,13-14,16,21H,9-12H2,1-2H3/b8-6+. The Bertz CT molecular complexity index is 963. The maximum Gasteiger partial charge on any atom is 0.250 e. The number of nitrogens with one attached hydrogen (secondary N) is 1. The second-order valence-electron chi connectivity index (χ2n) is 6.60. The van der Waals surface area contributed by atoms with Crippen molar-refractivity contribution in [2.24, 2.45) is 0 Å². The number of thiophene rings is 1. The lowest BCUT2D eigenvalue weighted by molar-refractivity contribution is -0.126. The number of hydrogen-bond acceptors (Lipinski definition) is 6. The van der Waals surface area contributed by atoms with E-state index in [2.05, 4.69) is 4.72 Å². The minimum absolute atomic E-state index is 0.0978. The average Bonchev–Trinajstić information content (AvgIpc) is 3.28. The molecule has 1 aliphatic rings. The number of piperidine rings is 1. The van der Waals surface area contributed by atoms with Crippen molar-refractivity contribution in [3.05, 3.63) is 47.4 Å². The SMILES string of the molecule is COc1ccc(/C=C/C(=O)N2CCC(NS(=O)(=O)c3cccs3)CC2)cc1OC. The van der Waals surface area contributed by atoms with E-state index in [1.165, 1.54) is 17.4 Å². The molecule has 1 saturated heterocycles. The predicted octanol–water partition coefficient (Wildman–Crippen LogP) is 2.75. The monoisotopic (exact) mass is 436 g/mol. The van der Waals surface area contributed by atoms with Crippen LogP contribution in [0.15, 0.2) is 46.0 Å². The van der Waals surface area contributed by atoms with E-state index in [1.54, 1.807) is 54.8 Å². The van der Waals surface area contributed by atoms with Crippen molar-refractivity contribution in [3.8, 4) is 11.5 Å². The first-order valence-electron chi connectivity index (χ1n) is 9.18. The summed E-state index contributed by atoms with van der Waals surface area (Å²) < 4.78 is 38.2. The molecule has 0 spiro atoms. The van der Waals surface area contributed by atoms with Gasteiger partial charge in [-0.15, -0.1) is 11.3 Å². The summed E-state index contributed by atoms with van der Waals surface area (Å²) in [7, 11) is -0.351. The van der Waals surface area contributed by atoms with Gasteiger partial charge < -0.3 is 14.4 Å². The Balaban J connectivity index is 1.54. The van der Waals surface area contributed by atoms with Gasteiger partial charge in [0, 0.05) is 25.2 Å². The zero-order valence-electron chi connectivity index (χ0n) is 16.3. The van der Waals surface area contributed by atoms with Crippen molar-refractivity contribution >= 4 is 33.3 Å². The Hall–Kier alpha value is -2.36. The molecule has 3 rings (SSSR count). The maximum absolute atomic E-state index is 12.5. The molecular weight excluding hydrogens is 412 g/mol. The van der Waals surface area contributed by atoms with Crippen LogP contribution in [0, 0.1) is 0 Å². The first-order chi connectivity index (χ1) is 13.9. The van der Waals surface area contributed by atoms with E-state index in [9.17, 15) is 13.2 Å². The fourth-order valence-electron chi connectivity index (χ4n) is 3.14. The summed E-state index contributed by atoms with van der Waals surface area (Å²) in [5.74, 6) is 1.13. The third kappa shape index (κ3) is 5.37. The summed E-state index contributed by atoms with van der Waals surface area (Å²) in [5, 5.41) is 1.74. The minimum Gasteiger partial charge on any atom is -0.493 e. The predicted molar refractivity (Wildman–Crippen MR) is 113 cm³/mol. The Labute approximate surface area is 175 Å². The van der Waals surface area contributed by atoms with Crippen molar-refractivity contribution in [1.82, 2.24) is 9.62 Å². The highest BCUT2D eigenvalue weighted by Gasteiger charge is 2.26. The molecule has 0 bridgehead atoms. The van der Waals surface area contributed by atoms with Gasteiger partial charge in [0.2, 0.25) is 15.9 Å². The van der Waals surface area contributed by atoms with E-state index in [4.69, 9.17) is 9.47 Å². The van der Waals surface area contributed by atoms with Crippen molar-refractivity contribution < 1.29 is 22.7 Å². The zero-order chi connectivity index (χ0) is 20.9. The highest BCUT2D eigenvalue weighted by molar-refractivity contribution is 7.91. The number of benzene rings is 1. The zero-order valence-corrected chi connectivity index (χ0v) is 18.0.